The molecule has 156 valence electrons. The molecule has 30 heavy (non-hydrogen) atoms. The first-order valence-electron chi connectivity index (χ1n) is 9.25. The lowest BCUT2D eigenvalue weighted by molar-refractivity contribution is -0.384. The van der Waals surface area contributed by atoms with Crippen LogP contribution in [-0.2, 0) is 17.9 Å². The van der Waals surface area contributed by atoms with Crippen molar-refractivity contribution in [1.82, 2.24) is 14.8 Å². The van der Waals surface area contributed by atoms with Crippen LogP contribution in [0.3, 0.4) is 0 Å². The summed E-state index contributed by atoms with van der Waals surface area (Å²) in [6.07, 6.45) is 0. The van der Waals surface area contributed by atoms with E-state index in [4.69, 9.17) is 4.74 Å². The molecule has 1 aromatic heterocycles. The van der Waals surface area contributed by atoms with Crippen molar-refractivity contribution in [1.29, 1.82) is 0 Å². The molecule has 0 spiro atoms. The Morgan fingerprint density at radius 2 is 2.00 bits per heavy atom. The number of nitro benzene ring substituents is 1. The van der Waals surface area contributed by atoms with Gasteiger partial charge < -0.3 is 14.6 Å². The number of aryl methyl sites for hydroxylation is 1. The van der Waals surface area contributed by atoms with Gasteiger partial charge in [-0.3, -0.25) is 14.9 Å². The SMILES string of the molecule is CCn1c(COc2ccccc2)nnc1SCC(=O)Nc1cc([N+](=O)[O-])ccc1C. The van der Waals surface area contributed by atoms with Crippen LogP contribution in [0.2, 0.25) is 0 Å². The first kappa shape index (κ1) is 21.3. The number of anilines is 1. The van der Waals surface area contributed by atoms with Crippen molar-refractivity contribution in [2.75, 3.05) is 11.1 Å². The van der Waals surface area contributed by atoms with Crippen LogP contribution in [0.1, 0.15) is 18.3 Å². The van der Waals surface area contributed by atoms with Gasteiger partial charge in [0.2, 0.25) is 5.91 Å². The molecule has 0 fully saturated rings. The van der Waals surface area contributed by atoms with Crippen molar-refractivity contribution in [2.45, 2.75) is 32.2 Å². The highest BCUT2D eigenvalue weighted by atomic mass is 32.2. The van der Waals surface area contributed by atoms with E-state index in [0.717, 1.165) is 11.3 Å². The summed E-state index contributed by atoms with van der Waals surface area (Å²) < 4.78 is 7.62. The van der Waals surface area contributed by atoms with Gasteiger partial charge in [-0.1, -0.05) is 36.0 Å². The second-order valence-electron chi connectivity index (χ2n) is 6.34. The number of thioether (sulfide) groups is 1. The van der Waals surface area contributed by atoms with Crippen LogP contribution in [0.15, 0.2) is 53.7 Å². The summed E-state index contributed by atoms with van der Waals surface area (Å²) in [5.74, 6) is 1.22. The maximum absolute atomic E-state index is 12.4. The number of para-hydroxylation sites is 1. The number of benzene rings is 2. The third-order valence-electron chi connectivity index (χ3n) is 4.26. The molecule has 0 saturated heterocycles. The normalized spacial score (nSPS) is 10.6. The highest BCUT2D eigenvalue weighted by Gasteiger charge is 2.15. The Kier molecular flexibility index (Phi) is 7.02. The Morgan fingerprint density at radius 1 is 1.23 bits per heavy atom. The summed E-state index contributed by atoms with van der Waals surface area (Å²) in [5, 5.41) is 22.6. The minimum Gasteiger partial charge on any atom is -0.486 e. The Morgan fingerprint density at radius 3 is 2.70 bits per heavy atom. The van der Waals surface area contributed by atoms with Gasteiger partial charge in [-0.15, -0.1) is 10.2 Å². The summed E-state index contributed by atoms with van der Waals surface area (Å²) in [4.78, 5) is 22.8. The fraction of sp³-hybridized carbons (Fsp3) is 0.250. The maximum Gasteiger partial charge on any atom is 0.271 e. The summed E-state index contributed by atoms with van der Waals surface area (Å²) in [7, 11) is 0. The van der Waals surface area contributed by atoms with Crippen LogP contribution in [0.4, 0.5) is 11.4 Å². The molecule has 3 rings (SSSR count). The number of hydrogen-bond donors (Lipinski definition) is 1. The lowest BCUT2D eigenvalue weighted by atomic mass is 10.2. The van der Waals surface area contributed by atoms with Crippen LogP contribution in [0, 0.1) is 17.0 Å². The molecule has 0 saturated carbocycles. The molecule has 0 aliphatic rings. The Hall–Kier alpha value is -3.40. The number of hydrogen-bond acceptors (Lipinski definition) is 7. The highest BCUT2D eigenvalue weighted by Crippen LogP contribution is 2.23. The molecule has 9 nitrogen and oxygen atoms in total. The smallest absolute Gasteiger partial charge is 0.271 e. The summed E-state index contributed by atoms with van der Waals surface area (Å²) in [6, 6.07) is 13.8. The first-order chi connectivity index (χ1) is 14.5. The molecule has 0 aliphatic heterocycles. The molecule has 0 bridgehead atoms. The molecule has 0 unspecified atom stereocenters. The number of aromatic nitrogens is 3. The van der Waals surface area contributed by atoms with Crippen LogP contribution in [-0.4, -0.2) is 31.3 Å². The van der Waals surface area contributed by atoms with Crippen LogP contribution < -0.4 is 10.1 Å². The van der Waals surface area contributed by atoms with E-state index < -0.39 is 4.92 Å². The van der Waals surface area contributed by atoms with Gasteiger partial charge in [-0.25, -0.2) is 0 Å². The number of carbonyl (C=O) groups is 1. The molecule has 1 amide bonds. The lowest BCUT2D eigenvalue weighted by Crippen LogP contribution is -2.15. The number of non-ortho nitro benzene ring substituents is 1. The molecule has 0 radical (unpaired) electrons. The van der Waals surface area contributed by atoms with E-state index in [2.05, 4.69) is 15.5 Å². The average Bonchev–Trinajstić information content (AvgIpc) is 3.14. The van der Waals surface area contributed by atoms with Crippen LogP contribution in [0.5, 0.6) is 5.75 Å². The van der Waals surface area contributed by atoms with Gasteiger partial charge in [0, 0.05) is 18.7 Å². The molecule has 1 heterocycles. The third-order valence-corrected chi connectivity index (χ3v) is 5.23. The number of amides is 1. The Balaban J connectivity index is 1.60. The molecule has 10 heteroatoms. The van der Waals surface area contributed by atoms with E-state index in [1.165, 1.54) is 23.9 Å². The summed E-state index contributed by atoms with van der Waals surface area (Å²) in [5.41, 5.74) is 1.09. The predicted molar refractivity (Wildman–Crippen MR) is 114 cm³/mol. The molecule has 3 aromatic rings. The van der Waals surface area contributed by atoms with Crippen molar-refractivity contribution >= 4 is 29.0 Å². The van der Waals surface area contributed by atoms with Gasteiger partial charge in [-0.2, -0.15) is 0 Å². The topological polar surface area (TPSA) is 112 Å². The van der Waals surface area contributed by atoms with Crippen LogP contribution >= 0.6 is 11.8 Å². The lowest BCUT2D eigenvalue weighted by Gasteiger charge is -2.10. The summed E-state index contributed by atoms with van der Waals surface area (Å²) >= 11 is 1.25. The van der Waals surface area contributed by atoms with E-state index in [-0.39, 0.29) is 24.0 Å². The van der Waals surface area contributed by atoms with Crippen molar-refractivity contribution in [2.24, 2.45) is 0 Å². The molecule has 1 N–H and O–H groups in total. The van der Waals surface area contributed by atoms with E-state index in [1.807, 2.05) is 41.8 Å². The number of nitrogens with zero attached hydrogens (tertiary/aromatic N) is 4. The molecular weight excluding hydrogens is 406 g/mol. The zero-order valence-electron chi connectivity index (χ0n) is 16.6. The van der Waals surface area contributed by atoms with Crippen molar-refractivity contribution in [3.05, 3.63) is 70.0 Å². The minimum absolute atomic E-state index is 0.0719. The number of nitrogens with one attached hydrogen (secondary N) is 1. The molecule has 0 atom stereocenters. The van der Waals surface area contributed by atoms with E-state index in [9.17, 15) is 14.9 Å². The van der Waals surface area contributed by atoms with Gasteiger partial charge in [0.05, 0.1) is 16.4 Å². The van der Waals surface area contributed by atoms with Crippen molar-refractivity contribution in [3.63, 3.8) is 0 Å². The number of ether oxygens (including phenoxy) is 1. The number of carbonyl (C=O) groups excluding carboxylic acids is 1. The van der Waals surface area contributed by atoms with Gasteiger partial charge in [0.25, 0.3) is 5.69 Å². The zero-order chi connectivity index (χ0) is 21.5. The maximum atomic E-state index is 12.4. The Bertz CT molecular complexity index is 1040. The van der Waals surface area contributed by atoms with Gasteiger partial charge in [0.15, 0.2) is 11.0 Å². The van der Waals surface area contributed by atoms with E-state index in [1.54, 1.807) is 13.0 Å². The second kappa shape index (κ2) is 9.88. The fourth-order valence-corrected chi connectivity index (χ4v) is 3.51. The van der Waals surface area contributed by atoms with Crippen LogP contribution in [0.25, 0.3) is 0 Å². The second-order valence-corrected chi connectivity index (χ2v) is 7.28. The highest BCUT2D eigenvalue weighted by molar-refractivity contribution is 7.99. The fourth-order valence-electron chi connectivity index (χ4n) is 2.69. The third kappa shape index (κ3) is 5.35. The monoisotopic (exact) mass is 427 g/mol. The largest absolute Gasteiger partial charge is 0.486 e. The van der Waals surface area contributed by atoms with Crippen molar-refractivity contribution < 1.29 is 14.5 Å². The summed E-state index contributed by atoms with van der Waals surface area (Å²) in [6.45, 7) is 4.64. The first-order valence-corrected chi connectivity index (χ1v) is 10.2. The zero-order valence-corrected chi connectivity index (χ0v) is 17.4. The molecular formula is C20H21N5O4S. The number of nitro groups is 1. The van der Waals surface area contributed by atoms with Gasteiger partial charge >= 0.3 is 0 Å². The van der Waals surface area contributed by atoms with E-state index >= 15 is 0 Å². The Labute approximate surface area is 177 Å². The van der Waals surface area contributed by atoms with Gasteiger partial charge in [0.1, 0.15) is 12.4 Å². The average molecular weight is 427 g/mol. The molecule has 2 aromatic carbocycles. The van der Waals surface area contributed by atoms with E-state index in [0.29, 0.717) is 23.2 Å². The standard InChI is InChI=1S/C20H21N5O4S/c1-3-24-18(12-29-16-7-5-4-6-8-16)22-23-20(24)30-13-19(26)21-17-11-15(25(27)28)10-9-14(17)2/h4-11H,3,12-13H2,1-2H3,(H,21,26). The van der Waals surface area contributed by atoms with Crippen molar-refractivity contribution in [3.8, 4) is 5.75 Å². The number of rotatable bonds is 9. The quantitative estimate of drug-likeness (QED) is 0.314. The minimum atomic E-state index is -0.493. The molecule has 0 aliphatic carbocycles. The van der Waals surface area contributed by atoms with Gasteiger partial charge in [-0.05, 0) is 31.5 Å². The predicted octanol–water partition coefficient (Wildman–Crippen LogP) is 3.82.